The molecular weight excluding hydrogens is 290 g/mol. The molecule has 0 atom stereocenters. The molecule has 1 fully saturated rings. The first kappa shape index (κ1) is 15.6. The van der Waals surface area contributed by atoms with Crippen LogP contribution in [0, 0.1) is 0 Å². The fraction of sp³-hybridized carbons (Fsp3) is 0.357. The molecule has 1 saturated heterocycles. The molecule has 4 amide bonds. The van der Waals surface area contributed by atoms with Crippen LogP contribution < -0.4 is 20.1 Å². The zero-order valence-corrected chi connectivity index (χ0v) is 12.3. The minimum Gasteiger partial charge on any atom is -0.493 e. The summed E-state index contributed by atoms with van der Waals surface area (Å²) in [4.78, 5) is 35.8. The number of ether oxygens (including phenoxy) is 2. The number of methoxy groups -OCH3 is 2. The second-order valence-electron chi connectivity index (χ2n) is 4.53. The number of amides is 4. The second kappa shape index (κ2) is 6.79. The standard InChI is InChI=1S/C14H17N3O5/c1-21-10-4-3-9(7-11(10)22-2)13(19)15-5-6-17-12(18)8-16-14(17)20/h3-4,7H,5-6,8H2,1-2H3,(H,15,19)(H,16,20). The molecule has 1 aromatic rings. The molecule has 0 bridgehead atoms. The number of nitrogens with zero attached hydrogens (tertiary/aromatic N) is 1. The molecule has 0 aromatic heterocycles. The Bertz CT molecular complexity index is 586. The molecule has 8 nitrogen and oxygen atoms in total. The van der Waals surface area contributed by atoms with Crippen LogP contribution in [0.25, 0.3) is 0 Å². The third-order valence-corrected chi connectivity index (χ3v) is 3.20. The van der Waals surface area contributed by atoms with E-state index in [0.29, 0.717) is 17.1 Å². The summed E-state index contributed by atoms with van der Waals surface area (Å²) in [6.45, 7) is 0.304. The zero-order valence-electron chi connectivity index (χ0n) is 12.3. The van der Waals surface area contributed by atoms with Crippen LogP contribution >= 0.6 is 0 Å². The van der Waals surface area contributed by atoms with Crippen LogP contribution in [0.2, 0.25) is 0 Å². The predicted octanol–water partition coefficient (Wildman–Crippen LogP) is -0.0146. The van der Waals surface area contributed by atoms with Gasteiger partial charge in [0.2, 0.25) is 5.91 Å². The highest BCUT2D eigenvalue weighted by molar-refractivity contribution is 6.02. The summed E-state index contributed by atoms with van der Waals surface area (Å²) in [5, 5.41) is 5.06. The van der Waals surface area contributed by atoms with E-state index in [2.05, 4.69) is 10.6 Å². The average molecular weight is 307 g/mol. The van der Waals surface area contributed by atoms with E-state index in [-0.39, 0.29) is 31.4 Å². The van der Waals surface area contributed by atoms with Crippen molar-refractivity contribution in [2.45, 2.75) is 0 Å². The fourth-order valence-electron chi connectivity index (χ4n) is 2.04. The highest BCUT2D eigenvalue weighted by Gasteiger charge is 2.27. The van der Waals surface area contributed by atoms with Crippen molar-refractivity contribution in [2.24, 2.45) is 0 Å². The lowest BCUT2D eigenvalue weighted by atomic mass is 10.2. The Kier molecular flexibility index (Phi) is 4.82. The molecule has 1 heterocycles. The molecule has 1 aliphatic heterocycles. The van der Waals surface area contributed by atoms with Crippen molar-refractivity contribution in [1.82, 2.24) is 15.5 Å². The zero-order chi connectivity index (χ0) is 16.1. The molecule has 22 heavy (non-hydrogen) atoms. The molecule has 2 N–H and O–H groups in total. The largest absolute Gasteiger partial charge is 0.493 e. The van der Waals surface area contributed by atoms with Crippen molar-refractivity contribution in [1.29, 1.82) is 0 Å². The van der Waals surface area contributed by atoms with Gasteiger partial charge in [-0.15, -0.1) is 0 Å². The molecule has 1 aliphatic rings. The van der Waals surface area contributed by atoms with E-state index in [0.717, 1.165) is 4.90 Å². The first-order valence-electron chi connectivity index (χ1n) is 6.65. The van der Waals surface area contributed by atoms with Gasteiger partial charge in [-0.3, -0.25) is 14.5 Å². The van der Waals surface area contributed by atoms with Crippen LogP contribution in [0.1, 0.15) is 10.4 Å². The smallest absolute Gasteiger partial charge is 0.324 e. The van der Waals surface area contributed by atoms with Gasteiger partial charge in [0.1, 0.15) is 0 Å². The molecule has 8 heteroatoms. The topological polar surface area (TPSA) is 97.0 Å². The average Bonchev–Trinajstić information content (AvgIpc) is 2.85. The van der Waals surface area contributed by atoms with E-state index in [1.54, 1.807) is 18.2 Å². The Labute approximate surface area is 127 Å². The number of urea groups is 1. The maximum absolute atomic E-state index is 12.0. The Morgan fingerprint density at radius 3 is 2.59 bits per heavy atom. The van der Waals surface area contributed by atoms with E-state index in [9.17, 15) is 14.4 Å². The van der Waals surface area contributed by atoms with E-state index < -0.39 is 6.03 Å². The van der Waals surface area contributed by atoms with Gasteiger partial charge in [0.25, 0.3) is 5.91 Å². The van der Waals surface area contributed by atoms with Gasteiger partial charge in [-0.05, 0) is 18.2 Å². The van der Waals surface area contributed by atoms with Crippen LogP contribution in [-0.2, 0) is 4.79 Å². The molecule has 1 aromatic carbocycles. The van der Waals surface area contributed by atoms with E-state index >= 15 is 0 Å². The minimum atomic E-state index is -0.439. The van der Waals surface area contributed by atoms with Gasteiger partial charge in [-0.1, -0.05) is 0 Å². The third kappa shape index (κ3) is 3.27. The summed E-state index contributed by atoms with van der Waals surface area (Å²) in [6.07, 6.45) is 0. The molecule has 0 radical (unpaired) electrons. The van der Waals surface area contributed by atoms with E-state index in [1.807, 2.05) is 0 Å². The monoisotopic (exact) mass is 307 g/mol. The Hall–Kier alpha value is -2.77. The van der Waals surface area contributed by atoms with Gasteiger partial charge < -0.3 is 20.1 Å². The van der Waals surface area contributed by atoms with Crippen molar-refractivity contribution < 1.29 is 23.9 Å². The fourth-order valence-corrected chi connectivity index (χ4v) is 2.04. The number of rotatable bonds is 6. The summed E-state index contributed by atoms with van der Waals surface area (Å²) in [6, 6.07) is 4.35. The van der Waals surface area contributed by atoms with Crippen molar-refractivity contribution in [3.8, 4) is 11.5 Å². The van der Waals surface area contributed by atoms with Crippen molar-refractivity contribution >= 4 is 17.8 Å². The van der Waals surface area contributed by atoms with Gasteiger partial charge in [0, 0.05) is 18.7 Å². The normalized spacial score (nSPS) is 13.8. The summed E-state index contributed by atoms with van der Waals surface area (Å²) in [5.74, 6) is 0.348. The number of carbonyl (C=O) groups is 3. The SMILES string of the molecule is COc1ccc(C(=O)NCCN2C(=O)CNC2=O)cc1OC. The van der Waals surface area contributed by atoms with Gasteiger partial charge in [0.05, 0.1) is 20.8 Å². The summed E-state index contributed by atoms with van der Waals surface area (Å²) >= 11 is 0. The number of nitrogens with one attached hydrogen (secondary N) is 2. The van der Waals surface area contributed by atoms with Gasteiger partial charge in [-0.25, -0.2) is 4.79 Å². The molecule has 0 saturated carbocycles. The third-order valence-electron chi connectivity index (χ3n) is 3.20. The lowest BCUT2D eigenvalue weighted by Crippen LogP contribution is -2.38. The Morgan fingerprint density at radius 1 is 1.27 bits per heavy atom. The first-order valence-corrected chi connectivity index (χ1v) is 6.65. The van der Waals surface area contributed by atoms with Crippen LogP contribution in [0.4, 0.5) is 4.79 Å². The maximum atomic E-state index is 12.0. The molecule has 2 rings (SSSR count). The van der Waals surface area contributed by atoms with Crippen molar-refractivity contribution in [3.05, 3.63) is 23.8 Å². The second-order valence-corrected chi connectivity index (χ2v) is 4.53. The van der Waals surface area contributed by atoms with Gasteiger partial charge in [0.15, 0.2) is 11.5 Å². The van der Waals surface area contributed by atoms with Crippen LogP contribution in [0.5, 0.6) is 11.5 Å². The lowest BCUT2D eigenvalue weighted by Gasteiger charge is -2.13. The number of benzene rings is 1. The summed E-state index contributed by atoms with van der Waals surface area (Å²) in [7, 11) is 2.99. The highest BCUT2D eigenvalue weighted by Crippen LogP contribution is 2.27. The number of hydrogen-bond acceptors (Lipinski definition) is 5. The number of carbonyl (C=O) groups excluding carboxylic acids is 3. The molecule has 0 aliphatic carbocycles. The molecule has 0 unspecified atom stereocenters. The van der Waals surface area contributed by atoms with Gasteiger partial charge >= 0.3 is 6.03 Å². The summed E-state index contributed by atoms with van der Waals surface area (Å²) in [5.41, 5.74) is 0.398. The van der Waals surface area contributed by atoms with Crippen LogP contribution in [-0.4, -0.2) is 56.6 Å². The van der Waals surface area contributed by atoms with Gasteiger partial charge in [-0.2, -0.15) is 0 Å². The van der Waals surface area contributed by atoms with Crippen LogP contribution in [0.3, 0.4) is 0 Å². The highest BCUT2D eigenvalue weighted by atomic mass is 16.5. The van der Waals surface area contributed by atoms with Crippen molar-refractivity contribution in [3.63, 3.8) is 0 Å². The maximum Gasteiger partial charge on any atom is 0.324 e. The molecular formula is C14H17N3O5. The quantitative estimate of drug-likeness (QED) is 0.720. The van der Waals surface area contributed by atoms with E-state index in [4.69, 9.17) is 9.47 Å². The summed E-state index contributed by atoms with van der Waals surface area (Å²) < 4.78 is 10.2. The Balaban J connectivity index is 1.92. The predicted molar refractivity (Wildman–Crippen MR) is 77.0 cm³/mol. The number of imide groups is 1. The van der Waals surface area contributed by atoms with Crippen molar-refractivity contribution in [2.75, 3.05) is 33.9 Å². The number of hydrogen-bond donors (Lipinski definition) is 2. The first-order chi connectivity index (χ1) is 10.6. The molecule has 0 spiro atoms. The minimum absolute atomic E-state index is 0.00244. The van der Waals surface area contributed by atoms with Crippen LogP contribution in [0.15, 0.2) is 18.2 Å². The lowest BCUT2D eigenvalue weighted by molar-refractivity contribution is -0.124. The Morgan fingerprint density at radius 2 is 2.00 bits per heavy atom. The van der Waals surface area contributed by atoms with E-state index in [1.165, 1.54) is 14.2 Å². The molecule has 118 valence electrons.